The first kappa shape index (κ1) is 16.8. The standard InChI is InChI=1S/C24H29Si/c1-5-7-8-9-17-10-12-19(13-11-17)22-21-15-14-20-16-18(6-2)24(23(20)22)25(21,3)4/h10-16H,5-9H2,1-4H3. The Morgan fingerprint density at radius 1 is 0.840 bits per heavy atom. The molecule has 0 saturated carbocycles. The van der Waals surface area contributed by atoms with Crippen molar-refractivity contribution in [3.05, 3.63) is 65.1 Å². The van der Waals surface area contributed by atoms with Gasteiger partial charge < -0.3 is 0 Å². The minimum absolute atomic E-state index is 1.16. The first-order valence-electron chi connectivity index (χ1n) is 9.93. The quantitative estimate of drug-likeness (QED) is 0.426. The lowest BCUT2D eigenvalue weighted by Crippen LogP contribution is -2.39. The summed E-state index contributed by atoms with van der Waals surface area (Å²) in [6.07, 6.45) is 8.76. The van der Waals surface area contributed by atoms with E-state index in [2.05, 4.69) is 69.8 Å². The van der Waals surface area contributed by atoms with Crippen molar-refractivity contribution in [3.8, 4) is 11.1 Å². The van der Waals surface area contributed by atoms with E-state index in [0.29, 0.717) is 0 Å². The lowest BCUT2D eigenvalue weighted by molar-refractivity contribution is 0.717. The molecule has 25 heavy (non-hydrogen) atoms. The number of hydrogen-bond acceptors (Lipinski definition) is 0. The van der Waals surface area contributed by atoms with E-state index < -0.39 is 8.07 Å². The Bertz CT molecular complexity index is 837. The van der Waals surface area contributed by atoms with Crippen LogP contribution in [0.25, 0.3) is 16.3 Å². The summed E-state index contributed by atoms with van der Waals surface area (Å²) in [6, 6.07) is 14.2. The van der Waals surface area contributed by atoms with Gasteiger partial charge in [0.1, 0.15) is 8.07 Å². The van der Waals surface area contributed by atoms with Crippen molar-refractivity contribution in [1.29, 1.82) is 0 Å². The van der Waals surface area contributed by atoms with Crippen LogP contribution in [0.15, 0.2) is 42.0 Å². The summed E-state index contributed by atoms with van der Waals surface area (Å²) in [5.41, 5.74) is 9.07. The highest BCUT2D eigenvalue weighted by atomic mass is 28.3. The maximum absolute atomic E-state index is 2.53. The molecule has 1 heteroatoms. The van der Waals surface area contributed by atoms with Crippen molar-refractivity contribution >= 4 is 18.5 Å². The van der Waals surface area contributed by atoms with E-state index in [0.717, 1.165) is 6.42 Å². The Labute approximate surface area is 154 Å². The van der Waals surface area contributed by atoms with Crippen LogP contribution in [0.2, 0.25) is 13.1 Å². The second kappa shape index (κ2) is 6.28. The molecule has 0 unspecified atom stereocenters. The molecule has 2 aromatic rings. The van der Waals surface area contributed by atoms with Gasteiger partial charge in [-0.15, -0.1) is 0 Å². The van der Waals surface area contributed by atoms with E-state index in [-0.39, 0.29) is 0 Å². The van der Waals surface area contributed by atoms with Gasteiger partial charge >= 0.3 is 0 Å². The number of aryl methyl sites for hydroxylation is 1. The average molecular weight is 346 g/mol. The highest BCUT2D eigenvalue weighted by Gasteiger charge is 2.45. The number of fused-ring (bicyclic) bond motifs is 1. The van der Waals surface area contributed by atoms with Crippen LogP contribution >= 0.6 is 0 Å². The van der Waals surface area contributed by atoms with Crippen LogP contribution in [0.4, 0.5) is 0 Å². The van der Waals surface area contributed by atoms with Gasteiger partial charge in [0, 0.05) is 6.42 Å². The molecule has 1 heterocycles. The van der Waals surface area contributed by atoms with Crippen molar-refractivity contribution in [2.24, 2.45) is 0 Å². The van der Waals surface area contributed by atoms with Crippen LogP contribution in [-0.4, -0.2) is 8.07 Å². The zero-order valence-corrected chi connectivity index (χ0v) is 17.1. The lowest BCUT2D eigenvalue weighted by Gasteiger charge is -2.21. The predicted octanol–water partition coefficient (Wildman–Crippen LogP) is 6.28. The molecule has 0 saturated heterocycles. The minimum Gasteiger partial charge on any atom is -0.0654 e. The predicted molar refractivity (Wildman–Crippen MR) is 113 cm³/mol. The highest BCUT2D eigenvalue weighted by molar-refractivity contribution is 7.07. The molecule has 0 N–H and O–H groups in total. The van der Waals surface area contributed by atoms with Crippen molar-refractivity contribution in [3.63, 3.8) is 0 Å². The van der Waals surface area contributed by atoms with Crippen molar-refractivity contribution in [2.75, 3.05) is 0 Å². The third-order valence-electron chi connectivity index (χ3n) is 6.13. The van der Waals surface area contributed by atoms with Gasteiger partial charge in [-0.05, 0) is 57.5 Å². The van der Waals surface area contributed by atoms with Gasteiger partial charge in [0.15, 0.2) is 0 Å². The van der Waals surface area contributed by atoms with Gasteiger partial charge in [0.05, 0.1) is 0 Å². The molecular weight excluding hydrogens is 316 g/mol. The Morgan fingerprint density at radius 3 is 2.28 bits per heavy atom. The van der Waals surface area contributed by atoms with Crippen LogP contribution in [0.3, 0.4) is 0 Å². The zero-order valence-electron chi connectivity index (χ0n) is 16.1. The third kappa shape index (κ3) is 2.55. The largest absolute Gasteiger partial charge is 0.113 e. The molecule has 129 valence electrons. The number of hydrogen-bond donors (Lipinski definition) is 0. The third-order valence-corrected chi connectivity index (χ3v) is 9.71. The Hall–Kier alpha value is -1.60. The first-order valence-corrected chi connectivity index (χ1v) is 12.9. The lowest BCUT2D eigenvalue weighted by atomic mass is 9.96. The molecule has 0 spiro atoms. The molecule has 0 nitrogen and oxygen atoms in total. The van der Waals surface area contributed by atoms with Gasteiger partial charge in [0.2, 0.25) is 0 Å². The fourth-order valence-electron chi connectivity index (χ4n) is 4.79. The minimum atomic E-state index is -1.54. The molecule has 0 atom stereocenters. The normalized spacial score (nSPS) is 16.8. The molecule has 2 aromatic carbocycles. The molecule has 0 amide bonds. The monoisotopic (exact) mass is 345 g/mol. The average Bonchev–Trinajstić information content (AvgIpc) is 3.07. The Balaban J connectivity index is 1.75. The Kier molecular flexibility index (Phi) is 4.23. The summed E-state index contributed by atoms with van der Waals surface area (Å²) in [5, 5.41) is 3.35. The number of rotatable bonds is 6. The van der Waals surface area contributed by atoms with Crippen molar-refractivity contribution in [2.45, 2.75) is 59.0 Å². The molecule has 4 rings (SSSR count). The molecule has 1 aliphatic heterocycles. The molecule has 1 radical (unpaired) electrons. The number of unbranched alkanes of at least 4 members (excludes halogenated alkanes) is 2. The maximum atomic E-state index is 2.53. The van der Waals surface area contributed by atoms with Crippen molar-refractivity contribution < 1.29 is 0 Å². The summed E-state index contributed by atoms with van der Waals surface area (Å²) < 4.78 is 0. The molecule has 1 aliphatic carbocycles. The van der Waals surface area contributed by atoms with Crippen LogP contribution in [0.5, 0.6) is 0 Å². The molecule has 2 aliphatic rings. The summed E-state index contributed by atoms with van der Waals surface area (Å²) in [4.78, 5) is 0. The fraction of sp³-hybridized carbons (Fsp3) is 0.375. The van der Waals surface area contributed by atoms with E-state index in [9.17, 15) is 0 Å². The van der Waals surface area contributed by atoms with Crippen molar-refractivity contribution in [1.82, 2.24) is 0 Å². The van der Waals surface area contributed by atoms with E-state index in [1.807, 2.05) is 0 Å². The Morgan fingerprint density at radius 2 is 1.60 bits per heavy atom. The van der Waals surface area contributed by atoms with Gasteiger partial charge in [-0.25, -0.2) is 0 Å². The van der Waals surface area contributed by atoms with E-state index in [1.54, 1.807) is 27.1 Å². The van der Waals surface area contributed by atoms with Crippen LogP contribution in [0, 0.1) is 6.42 Å². The number of allylic oxidation sites excluding steroid dienone is 1. The zero-order chi connectivity index (χ0) is 17.6. The van der Waals surface area contributed by atoms with E-state index in [1.165, 1.54) is 42.4 Å². The topological polar surface area (TPSA) is 0 Å². The maximum Gasteiger partial charge on any atom is 0.113 e. The smallest absolute Gasteiger partial charge is 0.0654 e. The van der Waals surface area contributed by atoms with Gasteiger partial charge in [-0.3, -0.25) is 0 Å². The van der Waals surface area contributed by atoms with Gasteiger partial charge in [-0.1, -0.05) is 81.8 Å². The summed E-state index contributed by atoms with van der Waals surface area (Å²) in [6.45, 7) is 9.64. The number of benzene rings is 2. The van der Waals surface area contributed by atoms with E-state index >= 15 is 0 Å². The molecule has 0 fully saturated rings. The fourth-order valence-corrected chi connectivity index (χ4v) is 8.40. The second-order valence-corrected chi connectivity index (χ2v) is 12.4. The van der Waals surface area contributed by atoms with E-state index in [4.69, 9.17) is 0 Å². The first-order chi connectivity index (χ1) is 12.1. The highest BCUT2D eigenvalue weighted by Crippen LogP contribution is 2.50. The van der Waals surface area contributed by atoms with Crippen LogP contribution < -0.4 is 5.19 Å². The summed E-state index contributed by atoms with van der Waals surface area (Å²) >= 11 is 0. The molecular formula is C24H29Si. The molecule has 2 bridgehead atoms. The summed E-state index contributed by atoms with van der Waals surface area (Å²) in [5.74, 6) is 0. The van der Waals surface area contributed by atoms with Gasteiger partial charge in [-0.2, -0.15) is 0 Å². The summed E-state index contributed by atoms with van der Waals surface area (Å²) in [7, 11) is -1.54. The van der Waals surface area contributed by atoms with Gasteiger partial charge in [0.25, 0.3) is 0 Å². The van der Waals surface area contributed by atoms with Crippen LogP contribution in [-0.2, 0) is 6.42 Å². The second-order valence-electron chi connectivity index (χ2n) is 8.13. The molecule has 0 aromatic heterocycles. The SMILES string of the molecule is CCCCCc1ccc(-c2c3ccc4c2C(=C(CC)[CH]4)[Si]3(C)C)cc1. The van der Waals surface area contributed by atoms with Crippen LogP contribution in [0.1, 0.15) is 56.2 Å².